The van der Waals surface area contributed by atoms with Crippen molar-refractivity contribution in [2.45, 2.75) is 20.4 Å². The zero-order valence-electron chi connectivity index (χ0n) is 14.1. The van der Waals surface area contributed by atoms with Gasteiger partial charge in [-0.25, -0.2) is 14.3 Å². The van der Waals surface area contributed by atoms with Crippen LogP contribution in [0.1, 0.15) is 28.7 Å². The largest absolute Gasteiger partial charge is 0.461 e. The number of nitrogens with zero attached hydrogens (tertiary/aromatic N) is 3. The molecule has 0 spiro atoms. The van der Waals surface area contributed by atoms with Crippen LogP contribution in [0.25, 0.3) is 11.0 Å². The first-order valence-electron chi connectivity index (χ1n) is 8.01. The van der Waals surface area contributed by atoms with Gasteiger partial charge in [0.05, 0.1) is 24.2 Å². The molecular weight excluding hydrogens is 342 g/mol. The molecule has 1 aliphatic heterocycles. The number of aryl methyl sites for hydroxylation is 1. The van der Waals surface area contributed by atoms with E-state index in [1.165, 1.54) is 10.7 Å². The van der Waals surface area contributed by atoms with Gasteiger partial charge < -0.3 is 18.6 Å². The molecule has 26 heavy (non-hydrogen) atoms. The lowest BCUT2D eigenvalue weighted by molar-refractivity contribution is 0.0511. The molecule has 0 amide bonds. The standard InChI is InChI=1S/C17H15N3O6/c1-3-23-17(22)15-9(2)18-19-20(15)7-10-6-13(21)26-11-4-5-12-16(14(10)11)25-8-24-12/h4-6H,3,7-8H2,1-2H3. The second-order valence-electron chi connectivity index (χ2n) is 5.66. The van der Waals surface area contributed by atoms with Crippen molar-refractivity contribution in [3.8, 4) is 11.5 Å². The van der Waals surface area contributed by atoms with Crippen molar-refractivity contribution >= 4 is 16.9 Å². The second kappa shape index (κ2) is 6.17. The Hall–Kier alpha value is -3.36. The molecule has 0 aliphatic carbocycles. The number of rotatable bonds is 4. The Morgan fingerprint density at radius 1 is 1.35 bits per heavy atom. The van der Waals surface area contributed by atoms with Gasteiger partial charge in [0, 0.05) is 6.07 Å². The fourth-order valence-electron chi connectivity index (χ4n) is 2.94. The third-order valence-electron chi connectivity index (χ3n) is 4.02. The fourth-order valence-corrected chi connectivity index (χ4v) is 2.94. The average Bonchev–Trinajstić information content (AvgIpc) is 3.21. The van der Waals surface area contributed by atoms with Gasteiger partial charge in [0.25, 0.3) is 0 Å². The summed E-state index contributed by atoms with van der Waals surface area (Å²) in [5.74, 6) is 0.538. The topological polar surface area (TPSA) is 106 Å². The van der Waals surface area contributed by atoms with Gasteiger partial charge in [-0.05, 0) is 31.5 Å². The minimum Gasteiger partial charge on any atom is -0.461 e. The highest BCUT2D eigenvalue weighted by Gasteiger charge is 2.24. The minimum atomic E-state index is -0.521. The molecule has 0 saturated carbocycles. The van der Waals surface area contributed by atoms with Crippen LogP contribution in [-0.4, -0.2) is 34.4 Å². The predicted molar refractivity (Wildman–Crippen MR) is 88.4 cm³/mol. The van der Waals surface area contributed by atoms with E-state index in [0.717, 1.165) is 0 Å². The maximum absolute atomic E-state index is 12.2. The maximum Gasteiger partial charge on any atom is 0.358 e. The number of carbonyl (C=O) groups excluding carboxylic acids is 1. The van der Waals surface area contributed by atoms with Crippen LogP contribution in [0.4, 0.5) is 0 Å². The number of ether oxygens (including phenoxy) is 3. The summed E-state index contributed by atoms with van der Waals surface area (Å²) in [5, 5.41) is 8.55. The lowest BCUT2D eigenvalue weighted by Crippen LogP contribution is -2.16. The van der Waals surface area contributed by atoms with Gasteiger partial charge in [-0.15, -0.1) is 5.10 Å². The highest BCUT2D eigenvalue weighted by Crippen LogP contribution is 2.40. The van der Waals surface area contributed by atoms with Gasteiger partial charge in [-0.3, -0.25) is 0 Å². The molecule has 0 bridgehead atoms. The van der Waals surface area contributed by atoms with E-state index in [4.69, 9.17) is 18.6 Å². The maximum atomic E-state index is 12.2. The first-order valence-corrected chi connectivity index (χ1v) is 8.01. The lowest BCUT2D eigenvalue weighted by atomic mass is 10.1. The molecule has 0 N–H and O–H groups in total. The quantitative estimate of drug-likeness (QED) is 0.512. The average molecular weight is 357 g/mol. The number of carbonyl (C=O) groups is 1. The van der Waals surface area contributed by atoms with Crippen molar-refractivity contribution in [2.75, 3.05) is 13.4 Å². The molecule has 3 aromatic rings. The molecule has 1 aliphatic rings. The van der Waals surface area contributed by atoms with Crippen LogP contribution < -0.4 is 15.1 Å². The lowest BCUT2D eigenvalue weighted by Gasteiger charge is -2.10. The summed E-state index contributed by atoms with van der Waals surface area (Å²) in [7, 11) is 0. The summed E-state index contributed by atoms with van der Waals surface area (Å²) in [6.07, 6.45) is 0. The Bertz CT molecular complexity index is 1070. The van der Waals surface area contributed by atoms with E-state index in [-0.39, 0.29) is 25.6 Å². The molecule has 0 atom stereocenters. The Morgan fingerprint density at radius 2 is 2.19 bits per heavy atom. The summed E-state index contributed by atoms with van der Waals surface area (Å²) < 4.78 is 22.6. The molecule has 0 radical (unpaired) electrons. The summed E-state index contributed by atoms with van der Waals surface area (Å²) in [4.78, 5) is 24.2. The Balaban J connectivity index is 1.85. The van der Waals surface area contributed by atoms with E-state index in [1.54, 1.807) is 26.0 Å². The molecule has 1 aromatic carbocycles. The normalized spacial score (nSPS) is 12.5. The van der Waals surface area contributed by atoms with Crippen LogP contribution >= 0.6 is 0 Å². The molecule has 0 saturated heterocycles. The molecule has 9 heteroatoms. The van der Waals surface area contributed by atoms with Gasteiger partial charge in [0.1, 0.15) is 5.58 Å². The van der Waals surface area contributed by atoms with Crippen molar-refractivity contribution in [1.82, 2.24) is 15.0 Å². The van der Waals surface area contributed by atoms with Crippen molar-refractivity contribution in [1.29, 1.82) is 0 Å². The number of hydrogen-bond donors (Lipinski definition) is 0. The zero-order chi connectivity index (χ0) is 18.3. The van der Waals surface area contributed by atoms with Crippen LogP contribution in [0.15, 0.2) is 27.4 Å². The van der Waals surface area contributed by atoms with E-state index in [0.29, 0.717) is 33.7 Å². The first-order chi connectivity index (χ1) is 12.6. The molecule has 9 nitrogen and oxygen atoms in total. The summed E-state index contributed by atoms with van der Waals surface area (Å²) in [6.45, 7) is 3.83. The van der Waals surface area contributed by atoms with E-state index < -0.39 is 11.6 Å². The zero-order valence-corrected chi connectivity index (χ0v) is 14.1. The third-order valence-corrected chi connectivity index (χ3v) is 4.02. The summed E-state index contributed by atoms with van der Waals surface area (Å²) in [5.41, 5.74) is 1.11. The molecule has 134 valence electrons. The van der Waals surface area contributed by atoms with E-state index in [1.807, 2.05) is 0 Å². The molecule has 0 unspecified atom stereocenters. The highest BCUT2D eigenvalue weighted by molar-refractivity contribution is 5.90. The van der Waals surface area contributed by atoms with E-state index >= 15 is 0 Å². The Morgan fingerprint density at radius 3 is 3.00 bits per heavy atom. The summed E-state index contributed by atoms with van der Waals surface area (Å²) in [6, 6.07) is 4.67. The van der Waals surface area contributed by atoms with E-state index in [9.17, 15) is 9.59 Å². The van der Waals surface area contributed by atoms with Crippen molar-refractivity contribution < 1.29 is 23.4 Å². The minimum absolute atomic E-state index is 0.0868. The monoisotopic (exact) mass is 357 g/mol. The smallest absolute Gasteiger partial charge is 0.358 e. The number of hydrogen-bond acceptors (Lipinski definition) is 8. The number of esters is 1. The SMILES string of the molecule is CCOC(=O)c1c(C)nnn1Cc1cc(=O)oc2ccc3c(c12)OCO3. The van der Waals surface area contributed by atoms with Crippen molar-refractivity contribution in [3.05, 3.63) is 45.6 Å². The van der Waals surface area contributed by atoms with Crippen molar-refractivity contribution in [2.24, 2.45) is 0 Å². The Labute approximate surface area is 147 Å². The van der Waals surface area contributed by atoms with Crippen LogP contribution in [0.5, 0.6) is 11.5 Å². The molecular formula is C17H15N3O6. The number of fused-ring (bicyclic) bond motifs is 3. The second-order valence-corrected chi connectivity index (χ2v) is 5.66. The molecule has 2 aromatic heterocycles. The van der Waals surface area contributed by atoms with Crippen LogP contribution in [0.3, 0.4) is 0 Å². The molecule has 0 fully saturated rings. The molecule has 4 rings (SSSR count). The highest BCUT2D eigenvalue weighted by atomic mass is 16.7. The number of benzene rings is 1. The van der Waals surface area contributed by atoms with Gasteiger partial charge in [0.2, 0.25) is 6.79 Å². The van der Waals surface area contributed by atoms with Gasteiger partial charge in [0.15, 0.2) is 17.2 Å². The van der Waals surface area contributed by atoms with Crippen molar-refractivity contribution in [3.63, 3.8) is 0 Å². The van der Waals surface area contributed by atoms with Gasteiger partial charge in [-0.1, -0.05) is 5.21 Å². The molecule has 3 heterocycles. The van der Waals surface area contributed by atoms with Gasteiger partial charge >= 0.3 is 11.6 Å². The van der Waals surface area contributed by atoms with E-state index in [2.05, 4.69) is 10.3 Å². The van der Waals surface area contributed by atoms with Crippen LogP contribution in [0.2, 0.25) is 0 Å². The van der Waals surface area contributed by atoms with Crippen LogP contribution in [-0.2, 0) is 11.3 Å². The third kappa shape index (κ3) is 2.57. The first kappa shape index (κ1) is 16.1. The van der Waals surface area contributed by atoms with Gasteiger partial charge in [-0.2, -0.15) is 0 Å². The fraction of sp³-hybridized carbons (Fsp3) is 0.294. The number of aromatic nitrogens is 3. The predicted octanol–water partition coefficient (Wildman–Crippen LogP) is 1.65. The Kier molecular flexibility index (Phi) is 3.83. The van der Waals surface area contributed by atoms with Crippen LogP contribution in [0, 0.1) is 6.92 Å². The summed E-state index contributed by atoms with van der Waals surface area (Å²) >= 11 is 0.